The van der Waals surface area contributed by atoms with Crippen molar-refractivity contribution in [2.75, 3.05) is 26.2 Å². The van der Waals surface area contributed by atoms with Gasteiger partial charge in [0.25, 0.3) is 5.91 Å². The fourth-order valence-corrected chi connectivity index (χ4v) is 5.38. The zero-order chi connectivity index (χ0) is 23.9. The van der Waals surface area contributed by atoms with Gasteiger partial charge in [0.15, 0.2) is 0 Å². The summed E-state index contributed by atoms with van der Waals surface area (Å²) in [6.07, 6.45) is 4.61. The van der Waals surface area contributed by atoms with Crippen LogP contribution in [-0.2, 0) is 6.54 Å². The Hall–Kier alpha value is -2.79. The first kappa shape index (κ1) is 22.7. The van der Waals surface area contributed by atoms with Gasteiger partial charge in [-0.05, 0) is 60.2 Å². The van der Waals surface area contributed by atoms with Gasteiger partial charge in [0.05, 0.1) is 21.1 Å². The smallest absolute Gasteiger partial charge is 0.256 e. The maximum atomic E-state index is 13.6. The van der Waals surface area contributed by atoms with Gasteiger partial charge in [-0.1, -0.05) is 59.6 Å². The molecule has 0 unspecified atom stereocenters. The molecule has 1 aliphatic carbocycles. The average molecular weight is 504 g/mol. The Morgan fingerprint density at radius 3 is 2.31 bits per heavy atom. The minimum Gasteiger partial charge on any atom is -0.336 e. The summed E-state index contributed by atoms with van der Waals surface area (Å²) >= 11 is 12.2. The van der Waals surface area contributed by atoms with E-state index in [0.717, 1.165) is 53.3 Å². The fraction of sp³-hybridized carbons (Fsp3) is 0.276. The first-order valence-corrected chi connectivity index (χ1v) is 13.0. The zero-order valence-corrected chi connectivity index (χ0v) is 21.0. The van der Waals surface area contributed by atoms with Crippen LogP contribution in [-0.4, -0.2) is 46.5 Å². The van der Waals surface area contributed by atoms with Crippen molar-refractivity contribution in [2.24, 2.45) is 0 Å². The minimum atomic E-state index is 0.101. The average Bonchev–Trinajstić information content (AvgIpc) is 3.67. The third kappa shape index (κ3) is 4.58. The monoisotopic (exact) mass is 503 g/mol. The standard InChI is InChI=1S/C29H27Cl2N3O/c30-26-12-5-20(17-27(26)31)18-32-13-15-33(16-14-32)29(35)25-19-34(28-4-2-1-3-24(25)28)23-10-8-22(9-11-23)21-6-7-21/h1-5,8-12,17,19,21H,6-7,13-16,18H2. The first-order chi connectivity index (χ1) is 17.1. The van der Waals surface area contributed by atoms with E-state index in [1.54, 1.807) is 0 Å². The molecule has 0 N–H and O–H groups in total. The van der Waals surface area contributed by atoms with E-state index in [9.17, 15) is 4.79 Å². The summed E-state index contributed by atoms with van der Waals surface area (Å²) in [7, 11) is 0. The predicted octanol–water partition coefficient (Wildman–Crippen LogP) is 6.77. The number of aromatic nitrogens is 1. The van der Waals surface area contributed by atoms with Crippen molar-refractivity contribution in [3.05, 3.63) is 99.7 Å². The zero-order valence-electron chi connectivity index (χ0n) is 19.5. The van der Waals surface area contributed by atoms with E-state index in [0.29, 0.717) is 23.1 Å². The molecule has 3 aromatic carbocycles. The van der Waals surface area contributed by atoms with Gasteiger partial charge in [0.1, 0.15) is 0 Å². The van der Waals surface area contributed by atoms with E-state index in [1.165, 1.54) is 18.4 Å². The van der Waals surface area contributed by atoms with Gasteiger partial charge in [-0.3, -0.25) is 9.69 Å². The number of piperazine rings is 1. The molecule has 6 heteroatoms. The van der Waals surface area contributed by atoms with Crippen LogP contribution in [0.25, 0.3) is 16.6 Å². The summed E-state index contributed by atoms with van der Waals surface area (Å²) in [5, 5.41) is 2.16. The molecule has 2 fully saturated rings. The number of nitrogens with zero attached hydrogens (tertiary/aromatic N) is 3. The van der Waals surface area contributed by atoms with Gasteiger partial charge in [-0.15, -0.1) is 0 Å². The van der Waals surface area contributed by atoms with Crippen LogP contribution in [0.5, 0.6) is 0 Å². The summed E-state index contributed by atoms with van der Waals surface area (Å²) in [5.74, 6) is 0.835. The molecule has 1 saturated heterocycles. The summed E-state index contributed by atoms with van der Waals surface area (Å²) in [6, 6.07) is 22.8. The van der Waals surface area contributed by atoms with Gasteiger partial charge < -0.3 is 9.47 Å². The lowest BCUT2D eigenvalue weighted by molar-refractivity contribution is 0.0630. The molecule has 1 aromatic heterocycles. The summed E-state index contributed by atoms with van der Waals surface area (Å²) in [4.78, 5) is 18.0. The SMILES string of the molecule is O=C(c1cn(-c2ccc(C3CC3)cc2)c2ccccc12)N1CCN(Cc2ccc(Cl)c(Cl)c2)CC1. The molecular weight excluding hydrogens is 477 g/mol. The van der Waals surface area contributed by atoms with Crippen molar-refractivity contribution in [1.29, 1.82) is 0 Å². The number of carbonyl (C=O) groups is 1. The summed E-state index contributed by atoms with van der Waals surface area (Å²) in [6.45, 7) is 3.86. The minimum absolute atomic E-state index is 0.101. The van der Waals surface area contributed by atoms with Gasteiger partial charge >= 0.3 is 0 Å². The maximum Gasteiger partial charge on any atom is 0.256 e. The highest BCUT2D eigenvalue weighted by Crippen LogP contribution is 2.40. The third-order valence-corrected chi connectivity index (χ3v) is 7.95. The molecule has 0 atom stereocenters. The van der Waals surface area contributed by atoms with E-state index in [-0.39, 0.29) is 5.91 Å². The highest BCUT2D eigenvalue weighted by Gasteiger charge is 2.26. The first-order valence-electron chi connectivity index (χ1n) is 12.2. The van der Waals surface area contributed by atoms with Crippen LogP contribution in [0.2, 0.25) is 10.0 Å². The second kappa shape index (κ2) is 9.34. The molecular formula is C29H27Cl2N3O. The van der Waals surface area contributed by atoms with E-state index in [4.69, 9.17) is 23.2 Å². The molecule has 0 bridgehead atoms. The van der Waals surface area contributed by atoms with E-state index < -0.39 is 0 Å². The normalized spacial score (nSPS) is 16.7. The Morgan fingerprint density at radius 1 is 0.857 bits per heavy atom. The van der Waals surface area contributed by atoms with Gasteiger partial charge in [-0.25, -0.2) is 0 Å². The quantitative estimate of drug-likeness (QED) is 0.300. The Morgan fingerprint density at radius 2 is 1.60 bits per heavy atom. The van der Waals surface area contributed by atoms with Crippen molar-refractivity contribution in [1.82, 2.24) is 14.4 Å². The lowest BCUT2D eigenvalue weighted by Gasteiger charge is -2.34. The van der Waals surface area contributed by atoms with E-state index in [2.05, 4.69) is 45.9 Å². The second-order valence-electron chi connectivity index (χ2n) is 9.61. The molecule has 2 heterocycles. The number of hydrogen-bond acceptors (Lipinski definition) is 2. The van der Waals surface area contributed by atoms with Crippen molar-refractivity contribution in [3.63, 3.8) is 0 Å². The maximum absolute atomic E-state index is 13.6. The predicted molar refractivity (Wildman–Crippen MR) is 143 cm³/mol. The number of amides is 1. The second-order valence-corrected chi connectivity index (χ2v) is 10.4. The van der Waals surface area contributed by atoms with Gasteiger partial charge in [-0.2, -0.15) is 0 Å². The highest BCUT2D eigenvalue weighted by atomic mass is 35.5. The molecule has 1 aliphatic heterocycles. The lowest BCUT2D eigenvalue weighted by atomic mass is 10.1. The van der Waals surface area contributed by atoms with Crippen molar-refractivity contribution < 1.29 is 4.79 Å². The molecule has 6 rings (SSSR count). The lowest BCUT2D eigenvalue weighted by Crippen LogP contribution is -2.48. The molecule has 4 aromatic rings. The van der Waals surface area contributed by atoms with Crippen LogP contribution in [0.3, 0.4) is 0 Å². The number of benzene rings is 3. The molecule has 0 spiro atoms. The number of rotatable bonds is 5. The van der Waals surface area contributed by atoms with Crippen LogP contribution < -0.4 is 0 Å². The largest absolute Gasteiger partial charge is 0.336 e. The van der Waals surface area contributed by atoms with Crippen LogP contribution in [0, 0.1) is 0 Å². The molecule has 35 heavy (non-hydrogen) atoms. The Labute approximate surface area is 215 Å². The Bertz CT molecular complexity index is 1380. The molecule has 2 aliphatic rings. The molecule has 1 amide bonds. The number of hydrogen-bond donors (Lipinski definition) is 0. The highest BCUT2D eigenvalue weighted by molar-refractivity contribution is 6.42. The van der Waals surface area contributed by atoms with Crippen molar-refractivity contribution in [2.45, 2.75) is 25.3 Å². The molecule has 1 saturated carbocycles. The summed E-state index contributed by atoms with van der Waals surface area (Å²) in [5.41, 5.74) is 5.48. The van der Waals surface area contributed by atoms with Crippen LogP contribution >= 0.6 is 23.2 Å². The number of carbonyl (C=O) groups excluding carboxylic acids is 1. The Kier molecular flexibility index (Phi) is 6.05. The van der Waals surface area contributed by atoms with Crippen molar-refractivity contribution in [3.8, 4) is 5.69 Å². The molecule has 4 nitrogen and oxygen atoms in total. The topological polar surface area (TPSA) is 28.5 Å². The van der Waals surface area contributed by atoms with Crippen LogP contribution in [0.4, 0.5) is 0 Å². The Balaban J connectivity index is 1.19. The van der Waals surface area contributed by atoms with E-state index in [1.807, 2.05) is 41.4 Å². The van der Waals surface area contributed by atoms with Gasteiger partial charge in [0.2, 0.25) is 0 Å². The van der Waals surface area contributed by atoms with Crippen LogP contribution in [0.1, 0.15) is 40.2 Å². The van der Waals surface area contributed by atoms with Crippen molar-refractivity contribution >= 4 is 40.0 Å². The molecule has 178 valence electrons. The fourth-order valence-electron chi connectivity index (χ4n) is 5.06. The number of para-hydroxylation sites is 1. The number of halogens is 2. The van der Waals surface area contributed by atoms with Crippen LogP contribution in [0.15, 0.2) is 72.9 Å². The third-order valence-electron chi connectivity index (χ3n) is 7.21. The van der Waals surface area contributed by atoms with E-state index >= 15 is 0 Å². The summed E-state index contributed by atoms with van der Waals surface area (Å²) < 4.78 is 2.15. The van der Waals surface area contributed by atoms with Gasteiger partial charge in [0, 0.05) is 50.0 Å². The molecule has 0 radical (unpaired) electrons. The number of fused-ring (bicyclic) bond motifs is 1.